The molecule has 1 aromatic heterocycles. The minimum Gasteiger partial charge on any atom is -0.310 e. The Morgan fingerprint density at radius 1 is 0.333 bits per heavy atom. The van der Waals surface area contributed by atoms with Crippen molar-refractivity contribution >= 4 is 38.9 Å². The van der Waals surface area contributed by atoms with Crippen LogP contribution >= 0.6 is 0 Å². The van der Waals surface area contributed by atoms with Gasteiger partial charge in [-0.2, -0.15) is 0 Å². The van der Waals surface area contributed by atoms with E-state index in [1.165, 1.54) is 99.7 Å². The minimum atomic E-state index is -0.380. The molecule has 14 rings (SSSR count). The van der Waals surface area contributed by atoms with Crippen LogP contribution in [0.2, 0.25) is 0 Å². The molecule has 0 fully saturated rings. The summed E-state index contributed by atoms with van der Waals surface area (Å²) in [5.74, 6) is 0. The Morgan fingerprint density at radius 3 is 1.56 bits per heavy atom. The first-order valence-corrected chi connectivity index (χ1v) is 23.2. The maximum Gasteiger partial charge on any atom is 0.0725 e. The third-order valence-electron chi connectivity index (χ3n) is 15.2. The Kier molecular flexibility index (Phi) is 7.70. The summed E-state index contributed by atoms with van der Waals surface area (Å²) < 4.78 is 2.39. The summed E-state index contributed by atoms with van der Waals surface area (Å²) in [4.78, 5) is 2.46. The van der Waals surface area contributed by atoms with Crippen molar-refractivity contribution in [2.75, 3.05) is 4.90 Å². The first kappa shape index (κ1) is 37.2. The molecule has 66 heavy (non-hydrogen) atoms. The first-order chi connectivity index (χ1) is 32.5. The Morgan fingerprint density at radius 2 is 0.833 bits per heavy atom. The van der Waals surface area contributed by atoms with Crippen LogP contribution in [-0.2, 0) is 10.8 Å². The van der Waals surface area contributed by atoms with E-state index in [0.717, 1.165) is 22.7 Å². The molecule has 2 heteroatoms. The summed E-state index contributed by atoms with van der Waals surface area (Å²) in [5, 5.41) is 2.47. The van der Waals surface area contributed by atoms with Gasteiger partial charge < -0.3 is 9.47 Å². The van der Waals surface area contributed by atoms with E-state index in [2.05, 4.69) is 254 Å². The molecule has 2 nitrogen and oxygen atoms in total. The van der Waals surface area contributed by atoms with E-state index in [9.17, 15) is 0 Å². The molecule has 0 atom stereocenters. The number of rotatable bonds is 5. The van der Waals surface area contributed by atoms with Gasteiger partial charge in [-0.25, -0.2) is 0 Å². The van der Waals surface area contributed by atoms with E-state index in [1.807, 2.05) is 0 Å². The topological polar surface area (TPSA) is 8.17 Å². The van der Waals surface area contributed by atoms with E-state index in [4.69, 9.17) is 0 Å². The number of anilines is 3. The zero-order chi connectivity index (χ0) is 43.7. The van der Waals surface area contributed by atoms with Gasteiger partial charge in [0.05, 0.1) is 16.4 Å². The van der Waals surface area contributed by atoms with Gasteiger partial charge in [-0.15, -0.1) is 0 Å². The fourth-order valence-electron chi connectivity index (χ4n) is 12.4. The SMILES string of the molecule is CC1(C)c2ccccc2-c2ccc(N(c3ccc(-c4cccc5c4-c4ccccc4C54c5ccccc5-c5ccccc54)cc3)c3ccc4c(c3)c3ccccc3n4-c3ccccc3)cc21. The normalized spacial score (nSPS) is 14.2. The summed E-state index contributed by atoms with van der Waals surface area (Å²) >= 11 is 0. The largest absolute Gasteiger partial charge is 0.310 e. The Labute approximate surface area is 385 Å². The second-order valence-corrected chi connectivity index (χ2v) is 18.8. The quantitative estimate of drug-likeness (QED) is 0.168. The van der Waals surface area contributed by atoms with E-state index in [1.54, 1.807) is 0 Å². The van der Waals surface area contributed by atoms with Crippen molar-refractivity contribution in [3.05, 3.63) is 264 Å². The number of para-hydroxylation sites is 2. The van der Waals surface area contributed by atoms with Crippen LogP contribution in [0.15, 0.2) is 231 Å². The predicted octanol–water partition coefficient (Wildman–Crippen LogP) is 16.6. The highest BCUT2D eigenvalue weighted by Gasteiger charge is 2.52. The van der Waals surface area contributed by atoms with Crippen molar-refractivity contribution < 1.29 is 0 Å². The fraction of sp³-hybridized carbons (Fsp3) is 0.0625. The molecule has 0 amide bonds. The second-order valence-electron chi connectivity index (χ2n) is 18.8. The Hall–Kier alpha value is -8.20. The Bertz CT molecular complexity index is 3750. The highest BCUT2D eigenvalue weighted by atomic mass is 15.1. The molecule has 3 aliphatic rings. The van der Waals surface area contributed by atoms with Crippen molar-refractivity contribution in [1.29, 1.82) is 0 Å². The van der Waals surface area contributed by atoms with E-state index in [-0.39, 0.29) is 10.8 Å². The number of hydrogen-bond donors (Lipinski definition) is 0. The van der Waals surface area contributed by atoms with Crippen molar-refractivity contribution in [2.45, 2.75) is 24.7 Å². The molecule has 0 N–H and O–H groups in total. The molecule has 3 aliphatic carbocycles. The molecule has 0 aliphatic heterocycles. The van der Waals surface area contributed by atoms with Crippen LogP contribution in [0.5, 0.6) is 0 Å². The predicted molar refractivity (Wildman–Crippen MR) is 275 cm³/mol. The molecule has 10 aromatic carbocycles. The van der Waals surface area contributed by atoms with Gasteiger partial charge in [-0.05, 0) is 139 Å². The summed E-state index contributed by atoms with van der Waals surface area (Å²) in [6.45, 7) is 4.74. The van der Waals surface area contributed by atoms with Crippen LogP contribution in [0, 0.1) is 0 Å². The van der Waals surface area contributed by atoms with Gasteiger partial charge in [0.25, 0.3) is 0 Å². The lowest BCUT2D eigenvalue weighted by Gasteiger charge is -2.30. The number of hydrogen-bond acceptors (Lipinski definition) is 1. The average Bonchev–Trinajstić information content (AvgIpc) is 4.05. The summed E-state index contributed by atoms with van der Waals surface area (Å²) in [6, 6.07) is 86.1. The lowest BCUT2D eigenvalue weighted by atomic mass is 9.70. The van der Waals surface area contributed by atoms with Crippen molar-refractivity contribution in [3.8, 4) is 50.2 Å². The molecular weight excluding hydrogens is 797 g/mol. The van der Waals surface area contributed by atoms with Crippen LogP contribution in [0.4, 0.5) is 17.1 Å². The van der Waals surface area contributed by atoms with Crippen molar-refractivity contribution in [1.82, 2.24) is 4.57 Å². The van der Waals surface area contributed by atoms with Gasteiger partial charge in [0.15, 0.2) is 0 Å². The molecule has 0 unspecified atom stereocenters. The molecule has 0 saturated carbocycles. The van der Waals surface area contributed by atoms with Crippen molar-refractivity contribution in [2.24, 2.45) is 0 Å². The van der Waals surface area contributed by atoms with Crippen LogP contribution in [0.1, 0.15) is 47.2 Å². The van der Waals surface area contributed by atoms with Gasteiger partial charge in [0, 0.05) is 38.9 Å². The summed E-state index contributed by atoms with van der Waals surface area (Å²) in [5.41, 5.74) is 25.0. The highest BCUT2D eigenvalue weighted by molar-refractivity contribution is 6.11. The third-order valence-corrected chi connectivity index (χ3v) is 15.2. The number of benzene rings is 10. The maximum absolute atomic E-state index is 2.46. The van der Waals surface area contributed by atoms with Gasteiger partial charge >= 0.3 is 0 Å². The van der Waals surface area contributed by atoms with Gasteiger partial charge in [-0.3, -0.25) is 0 Å². The third kappa shape index (κ3) is 4.91. The standard InChI is InChI=1S/C64H44N2/c1-63(2)54-25-11-6-19-47(54)50-37-35-45(40-59(50)63)65(44-36-38-61-53(39-44)51-22-10-15-30-60(51)66(61)42-17-4-3-5-18-42)43-33-31-41(32-34-43)46-24-16-29-58-62(46)52-23-9-14-28-57(52)64(58)55-26-12-7-20-48(55)49-21-8-13-27-56(49)64/h3-40H,1-2H3. The summed E-state index contributed by atoms with van der Waals surface area (Å²) in [6.07, 6.45) is 0. The van der Waals surface area contributed by atoms with Crippen LogP contribution in [-0.4, -0.2) is 4.57 Å². The molecule has 310 valence electrons. The van der Waals surface area contributed by atoms with Gasteiger partial charge in [0.2, 0.25) is 0 Å². The minimum absolute atomic E-state index is 0.133. The smallest absolute Gasteiger partial charge is 0.0725 e. The first-order valence-electron chi connectivity index (χ1n) is 23.2. The second kappa shape index (κ2) is 13.7. The lowest BCUT2D eigenvalue weighted by Crippen LogP contribution is -2.25. The van der Waals surface area contributed by atoms with E-state index >= 15 is 0 Å². The van der Waals surface area contributed by atoms with Crippen LogP contribution < -0.4 is 4.90 Å². The van der Waals surface area contributed by atoms with Crippen molar-refractivity contribution in [3.63, 3.8) is 0 Å². The lowest BCUT2D eigenvalue weighted by molar-refractivity contribution is 0.660. The molecule has 1 spiro atoms. The molecule has 1 heterocycles. The molecule has 0 bridgehead atoms. The number of nitrogens with zero attached hydrogens (tertiary/aromatic N) is 2. The van der Waals surface area contributed by atoms with E-state index < -0.39 is 0 Å². The van der Waals surface area contributed by atoms with Gasteiger partial charge in [-0.1, -0.05) is 184 Å². The molecule has 11 aromatic rings. The Balaban J connectivity index is 0.952. The van der Waals surface area contributed by atoms with E-state index in [0.29, 0.717) is 0 Å². The molecule has 0 radical (unpaired) electrons. The van der Waals surface area contributed by atoms with Crippen LogP contribution in [0.25, 0.3) is 72.0 Å². The van der Waals surface area contributed by atoms with Crippen LogP contribution in [0.3, 0.4) is 0 Å². The zero-order valence-electron chi connectivity index (χ0n) is 36.8. The zero-order valence-corrected chi connectivity index (χ0v) is 36.8. The molecule has 0 saturated heterocycles. The fourth-order valence-corrected chi connectivity index (χ4v) is 12.4. The monoisotopic (exact) mass is 840 g/mol. The highest BCUT2D eigenvalue weighted by Crippen LogP contribution is 2.64. The number of fused-ring (bicyclic) bond motifs is 16. The van der Waals surface area contributed by atoms with Gasteiger partial charge in [0.1, 0.15) is 0 Å². The number of aromatic nitrogens is 1. The average molecular weight is 841 g/mol. The summed E-state index contributed by atoms with van der Waals surface area (Å²) in [7, 11) is 0. The maximum atomic E-state index is 2.46. The molecular formula is C64H44N2.